The van der Waals surface area contributed by atoms with E-state index in [0.29, 0.717) is 6.42 Å². The lowest BCUT2D eigenvalue weighted by molar-refractivity contribution is -0.149. The number of nitrogens with zero attached hydrogens (tertiary/aromatic N) is 1. The summed E-state index contributed by atoms with van der Waals surface area (Å²) in [6.07, 6.45) is -1.73. The second-order valence-electron chi connectivity index (χ2n) is 7.59. The van der Waals surface area contributed by atoms with Gasteiger partial charge in [-0.3, -0.25) is 24.0 Å². The predicted octanol–water partition coefficient (Wildman–Crippen LogP) is -4.12. The molecule has 32 heavy (non-hydrogen) atoms. The number of likely N-dealkylation sites (tertiary alicyclic amines) is 1. The van der Waals surface area contributed by atoms with Gasteiger partial charge in [-0.25, -0.2) is 4.79 Å². The summed E-state index contributed by atoms with van der Waals surface area (Å²) in [7, 11) is 0. The van der Waals surface area contributed by atoms with Crippen LogP contribution < -0.4 is 27.8 Å². The second kappa shape index (κ2) is 12.0. The monoisotopic (exact) mass is 458 g/mol. The molecule has 0 bridgehead atoms. The standard InChI is InChI=1S/C18H30N6O8/c1-8(25)14(21)16(29)23-10(7-13(20)27)15(28)22-9(4-5-12(19)26)17(30)24-6-2-3-11(24)18(31)32/h8-11,14,25H,2-7,21H2,1H3,(H2,19,26)(H2,20,27)(H,22,28)(H,23,29)(H,31,32). The Balaban J connectivity index is 3.05. The van der Waals surface area contributed by atoms with Crippen molar-refractivity contribution < 1.29 is 39.0 Å². The number of nitrogens with two attached hydrogens (primary N) is 3. The molecular formula is C18H30N6O8. The molecule has 14 heteroatoms. The second-order valence-corrected chi connectivity index (χ2v) is 7.59. The average molecular weight is 458 g/mol. The lowest BCUT2D eigenvalue weighted by atomic mass is 10.1. The minimum Gasteiger partial charge on any atom is -0.480 e. The number of carboxylic acid groups (broad SMARTS) is 1. The molecule has 0 spiro atoms. The number of hydrogen-bond acceptors (Lipinski definition) is 8. The van der Waals surface area contributed by atoms with Gasteiger partial charge in [0.25, 0.3) is 0 Å². The van der Waals surface area contributed by atoms with Gasteiger partial charge >= 0.3 is 5.97 Å². The fourth-order valence-corrected chi connectivity index (χ4v) is 3.20. The van der Waals surface area contributed by atoms with E-state index in [-0.39, 0.29) is 25.8 Å². The Labute approximate surface area is 183 Å². The zero-order chi connectivity index (χ0) is 24.6. The number of carbonyl (C=O) groups excluding carboxylic acids is 5. The van der Waals surface area contributed by atoms with Crippen LogP contribution in [0.15, 0.2) is 0 Å². The quantitative estimate of drug-likeness (QED) is 0.150. The van der Waals surface area contributed by atoms with Crippen molar-refractivity contribution in [2.24, 2.45) is 17.2 Å². The van der Waals surface area contributed by atoms with Gasteiger partial charge in [0.05, 0.1) is 12.5 Å². The molecule has 180 valence electrons. The Kier molecular flexibility index (Phi) is 10.00. The number of aliphatic carboxylic acids is 1. The summed E-state index contributed by atoms with van der Waals surface area (Å²) in [5.41, 5.74) is 15.8. The van der Waals surface area contributed by atoms with Crippen LogP contribution in [0.3, 0.4) is 0 Å². The van der Waals surface area contributed by atoms with Crippen molar-refractivity contribution in [3.63, 3.8) is 0 Å². The molecule has 5 unspecified atom stereocenters. The van der Waals surface area contributed by atoms with Crippen molar-refractivity contribution in [2.45, 2.75) is 69.3 Å². The van der Waals surface area contributed by atoms with Crippen LogP contribution in [-0.2, 0) is 28.8 Å². The van der Waals surface area contributed by atoms with Crippen LogP contribution in [0, 0.1) is 0 Å². The number of amides is 5. The summed E-state index contributed by atoms with van der Waals surface area (Å²) in [5.74, 6) is -5.56. The topological polar surface area (TPSA) is 248 Å². The van der Waals surface area contributed by atoms with Crippen LogP contribution >= 0.6 is 0 Å². The maximum Gasteiger partial charge on any atom is 0.326 e. The van der Waals surface area contributed by atoms with Crippen molar-refractivity contribution in [1.29, 1.82) is 0 Å². The zero-order valence-corrected chi connectivity index (χ0v) is 17.7. The molecule has 1 aliphatic heterocycles. The molecule has 14 nitrogen and oxygen atoms in total. The molecule has 5 amide bonds. The van der Waals surface area contributed by atoms with Gasteiger partial charge in [0.15, 0.2) is 0 Å². The van der Waals surface area contributed by atoms with Crippen molar-refractivity contribution in [3.8, 4) is 0 Å². The fraction of sp³-hybridized carbons (Fsp3) is 0.667. The number of hydrogen-bond donors (Lipinski definition) is 7. The molecule has 5 atom stereocenters. The van der Waals surface area contributed by atoms with E-state index in [9.17, 15) is 39.0 Å². The molecule has 1 saturated heterocycles. The Morgan fingerprint density at radius 3 is 2.12 bits per heavy atom. The molecule has 1 fully saturated rings. The van der Waals surface area contributed by atoms with Crippen LogP contribution in [0.2, 0.25) is 0 Å². The van der Waals surface area contributed by atoms with Crippen molar-refractivity contribution in [3.05, 3.63) is 0 Å². The number of nitrogens with one attached hydrogen (secondary N) is 2. The number of rotatable bonds is 12. The molecular weight excluding hydrogens is 428 g/mol. The number of aliphatic hydroxyl groups is 1. The van der Waals surface area contributed by atoms with Crippen LogP contribution in [0.1, 0.15) is 39.0 Å². The van der Waals surface area contributed by atoms with Gasteiger partial charge in [-0.05, 0) is 26.2 Å². The molecule has 0 aromatic rings. The Bertz CT molecular complexity index is 758. The maximum atomic E-state index is 12.9. The molecule has 0 saturated carbocycles. The molecule has 0 aliphatic carbocycles. The van der Waals surface area contributed by atoms with E-state index < -0.39 is 72.2 Å². The highest BCUT2D eigenvalue weighted by atomic mass is 16.4. The zero-order valence-electron chi connectivity index (χ0n) is 17.7. The average Bonchev–Trinajstić information content (AvgIpc) is 3.18. The van der Waals surface area contributed by atoms with Gasteiger partial charge in [-0.1, -0.05) is 0 Å². The van der Waals surface area contributed by atoms with E-state index in [1.807, 2.05) is 0 Å². The summed E-state index contributed by atoms with van der Waals surface area (Å²) in [6, 6.07) is -5.35. The Morgan fingerprint density at radius 1 is 1.03 bits per heavy atom. The first-order valence-corrected chi connectivity index (χ1v) is 9.99. The third kappa shape index (κ3) is 7.77. The molecule has 1 heterocycles. The van der Waals surface area contributed by atoms with Crippen LogP contribution in [-0.4, -0.2) is 87.4 Å². The SMILES string of the molecule is CC(O)C(N)C(=O)NC(CC(N)=O)C(=O)NC(CCC(N)=O)C(=O)N1CCCC1C(=O)O. The van der Waals surface area contributed by atoms with Gasteiger partial charge in [-0.2, -0.15) is 0 Å². The van der Waals surface area contributed by atoms with Gasteiger partial charge in [0, 0.05) is 13.0 Å². The van der Waals surface area contributed by atoms with Gasteiger partial charge < -0.3 is 42.9 Å². The molecule has 1 rings (SSSR count). The van der Waals surface area contributed by atoms with Gasteiger partial charge in [-0.15, -0.1) is 0 Å². The number of carbonyl (C=O) groups is 6. The Morgan fingerprint density at radius 2 is 1.62 bits per heavy atom. The van der Waals surface area contributed by atoms with E-state index in [4.69, 9.17) is 17.2 Å². The fourth-order valence-electron chi connectivity index (χ4n) is 3.20. The highest BCUT2D eigenvalue weighted by Crippen LogP contribution is 2.19. The van der Waals surface area contributed by atoms with E-state index >= 15 is 0 Å². The first-order valence-electron chi connectivity index (χ1n) is 9.99. The summed E-state index contributed by atoms with van der Waals surface area (Å²) in [6.45, 7) is 1.39. The van der Waals surface area contributed by atoms with Crippen LogP contribution in [0.4, 0.5) is 0 Å². The number of carboxylic acids is 1. The number of aliphatic hydroxyl groups excluding tert-OH is 1. The third-order valence-corrected chi connectivity index (χ3v) is 4.98. The smallest absolute Gasteiger partial charge is 0.326 e. The summed E-state index contributed by atoms with van der Waals surface area (Å²) in [4.78, 5) is 72.9. The lowest BCUT2D eigenvalue weighted by Crippen LogP contribution is -2.58. The summed E-state index contributed by atoms with van der Waals surface area (Å²) in [5, 5.41) is 23.3. The van der Waals surface area contributed by atoms with E-state index in [1.165, 1.54) is 6.92 Å². The molecule has 0 aromatic heterocycles. The molecule has 1 aliphatic rings. The van der Waals surface area contributed by atoms with Crippen LogP contribution in [0.5, 0.6) is 0 Å². The van der Waals surface area contributed by atoms with E-state index in [2.05, 4.69) is 10.6 Å². The van der Waals surface area contributed by atoms with Crippen molar-refractivity contribution in [1.82, 2.24) is 15.5 Å². The first kappa shape index (κ1) is 26.8. The van der Waals surface area contributed by atoms with Crippen molar-refractivity contribution in [2.75, 3.05) is 6.54 Å². The predicted molar refractivity (Wildman–Crippen MR) is 108 cm³/mol. The minimum absolute atomic E-state index is 0.142. The van der Waals surface area contributed by atoms with Gasteiger partial charge in [0.2, 0.25) is 29.5 Å². The largest absolute Gasteiger partial charge is 0.480 e. The first-order chi connectivity index (χ1) is 14.8. The lowest BCUT2D eigenvalue weighted by Gasteiger charge is -2.28. The molecule has 10 N–H and O–H groups in total. The summed E-state index contributed by atoms with van der Waals surface area (Å²) < 4.78 is 0. The normalized spacial score (nSPS) is 19.3. The van der Waals surface area contributed by atoms with E-state index in [1.54, 1.807) is 0 Å². The van der Waals surface area contributed by atoms with Crippen LogP contribution in [0.25, 0.3) is 0 Å². The Hall–Kier alpha value is -3.26. The van der Waals surface area contributed by atoms with Crippen molar-refractivity contribution >= 4 is 35.5 Å². The molecule has 0 radical (unpaired) electrons. The number of primary amides is 2. The minimum atomic E-state index is -1.53. The molecule has 0 aromatic carbocycles. The van der Waals surface area contributed by atoms with Gasteiger partial charge in [0.1, 0.15) is 24.2 Å². The summed E-state index contributed by atoms with van der Waals surface area (Å²) >= 11 is 0. The highest BCUT2D eigenvalue weighted by molar-refractivity contribution is 5.96. The third-order valence-electron chi connectivity index (χ3n) is 4.98. The highest BCUT2D eigenvalue weighted by Gasteiger charge is 2.38. The van der Waals surface area contributed by atoms with E-state index in [0.717, 1.165) is 4.90 Å². The maximum absolute atomic E-state index is 12.9.